The Hall–Kier alpha value is -5.25. The van der Waals surface area contributed by atoms with Crippen LogP contribution >= 0.6 is 0 Å². The molecule has 3 fully saturated rings. The number of hydrogen-bond donors (Lipinski definition) is 0. The van der Waals surface area contributed by atoms with Gasteiger partial charge in [0.05, 0.1) is 39.2 Å². The lowest BCUT2D eigenvalue weighted by Crippen LogP contribution is -2.32. The largest absolute Gasteiger partial charge is 0.454 e. The fraction of sp³-hybridized carbons (Fsp3) is 0.265. The number of anilines is 1. The lowest BCUT2D eigenvalue weighted by atomic mass is 9.81. The van der Waals surface area contributed by atoms with Gasteiger partial charge in [-0.05, 0) is 73.9 Å². The van der Waals surface area contributed by atoms with Crippen molar-refractivity contribution in [3.8, 4) is 11.3 Å². The van der Waals surface area contributed by atoms with Crippen molar-refractivity contribution in [2.75, 3.05) is 11.5 Å². The highest BCUT2D eigenvalue weighted by Gasteiger charge is 2.61. The maximum Gasteiger partial charge on any atom is 0.339 e. The number of nitro groups is 1. The minimum absolute atomic E-state index is 0.104. The number of para-hydroxylation sites is 1. The Morgan fingerprint density at radius 3 is 2.25 bits per heavy atom. The summed E-state index contributed by atoms with van der Waals surface area (Å²) in [4.78, 5) is 69.0. The van der Waals surface area contributed by atoms with Gasteiger partial charge < -0.3 is 4.74 Å². The van der Waals surface area contributed by atoms with Gasteiger partial charge in [-0.25, -0.2) is 9.78 Å². The van der Waals surface area contributed by atoms with Crippen LogP contribution in [-0.4, -0.2) is 40.1 Å². The quantitative estimate of drug-likeness (QED) is 0.0881. The number of amides is 2. The number of carbonyl (C=O) groups is 4. The van der Waals surface area contributed by atoms with Crippen LogP contribution in [-0.2, 0) is 14.3 Å². The van der Waals surface area contributed by atoms with Crippen molar-refractivity contribution in [2.45, 2.75) is 26.2 Å². The lowest BCUT2D eigenvalue weighted by molar-refractivity contribution is -0.384. The summed E-state index contributed by atoms with van der Waals surface area (Å²) in [5.74, 6) is -1.22. The van der Waals surface area contributed by atoms with Crippen molar-refractivity contribution in [1.82, 2.24) is 4.98 Å². The van der Waals surface area contributed by atoms with Gasteiger partial charge >= 0.3 is 5.97 Å². The molecular weight excluding hydrogens is 562 g/mol. The van der Waals surface area contributed by atoms with E-state index in [0.29, 0.717) is 39.7 Å². The molecule has 4 aromatic rings. The molecule has 4 atom stereocenters. The Balaban J connectivity index is 1.15. The van der Waals surface area contributed by atoms with Crippen LogP contribution < -0.4 is 4.90 Å². The number of aryl methyl sites for hydroxylation is 1. The van der Waals surface area contributed by atoms with E-state index in [-0.39, 0.29) is 40.5 Å². The van der Waals surface area contributed by atoms with E-state index in [1.165, 1.54) is 29.2 Å². The van der Waals surface area contributed by atoms with Gasteiger partial charge in [-0.15, -0.1) is 0 Å². The number of carbonyl (C=O) groups excluding carboxylic acids is 4. The summed E-state index contributed by atoms with van der Waals surface area (Å²) in [7, 11) is 0. The van der Waals surface area contributed by atoms with Crippen LogP contribution in [0.15, 0.2) is 72.8 Å². The number of ketones is 1. The zero-order valence-electron chi connectivity index (χ0n) is 23.8. The molecule has 0 radical (unpaired) electrons. The number of hydrogen-bond acceptors (Lipinski definition) is 8. The van der Waals surface area contributed by atoms with Gasteiger partial charge in [0.15, 0.2) is 12.4 Å². The molecule has 2 amide bonds. The Morgan fingerprint density at radius 1 is 0.955 bits per heavy atom. The van der Waals surface area contributed by atoms with Gasteiger partial charge in [-0.1, -0.05) is 30.3 Å². The first-order chi connectivity index (χ1) is 21.2. The fourth-order valence-electron chi connectivity index (χ4n) is 7.21. The van der Waals surface area contributed by atoms with Crippen LogP contribution in [0, 0.1) is 40.7 Å². The zero-order valence-corrected chi connectivity index (χ0v) is 23.8. The van der Waals surface area contributed by atoms with Crippen LogP contribution in [0.25, 0.3) is 22.2 Å². The number of fused-ring (bicyclic) bond motifs is 6. The number of non-ortho nitro benzene ring substituents is 1. The van der Waals surface area contributed by atoms with Gasteiger partial charge in [0.1, 0.15) is 0 Å². The first-order valence-electron chi connectivity index (χ1n) is 14.5. The van der Waals surface area contributed by atoms with Crippen molar-refractivity contribution in [2.24, 2.45) is 23.7 Å². The number of pyridine rings is 1. The third-order valence-electron chi connectivity index (χ3n) is 9.34. The number of imide groups is 1. The van der Waals surface area contributed by atoms with E-state index in [1.807, 2.05) is 13.0 Å². The molecular formula is C34H27N3O7. The van der Waals surface area contributed by atoms with E-state index in [0.717, 1.165) is 24.8 Å². The summed E-state index contributed by atoms with van der Waals surface area (Å²) in [6.45, 7) is 1.34. The summed E-state index contributed by atoms with van der Waals surface area (Å²) in [5, 5.41) is 11.5. The molecule has 0 spiro atoms. The molecule has 7 rings (SSSR count). The van der Waals surface area contributed by atoms with Crippen molar-refractivity contribution in [1.29, 1.82) is 0 Å². The van der Waals surface area contributed by atoms with Gasteiger partial charge in [0.2, 0.25) is 11.8 Å². The zero-order chi connectivity index (χ0) is 30.7. The number of benzene rings is 3. The third kappa shape index (κ3) is 4.45. The number of nitro benzene ring substituents is 1. The van der Waals surface area contributed by atoms with Crippen LogP contribution in [0.4, 0.5) is 11.4 Å². The standard InChI is InChI=1S/C34H27N3O7/c1-18-3-2-4-25-26(34(41)44-17-28(38)20-9-13-24(14-10-20)37(42)43)16-27(35-31(18)25)19-7-11-23(12-8-19)36-32(39)29-21-5-6-22(15-21)30(29)33(36)40/h2-4,7-14,16,21-22,29-30H,5-6,15,17H2,1H3. The number of rotatable bonds is 7. The van der Waals surface area contributed by atoms with Crippen LogP contribution in [0.1, 0.15) is 45.5 Å². The van der Waals surface area contributed by atoms with Crippen molar-refractivity contribution < 1.29 is 28.8 Å². The third-order valence-corrected chi connectivity index (χ3v) is 9.34. The second-order valence-electron chi connectivity index (χ2n) is 11.8. The van der Waals surface area contributed by atoms with E-state index in [2.05, 4.69) is 0 Å². The van der Waals surface area contributed by atoms with E-state index >= 15 is 0 Å². The highest BCUT2D eigenvalue weighted by molar-refractivity contribution is 6.22. The fourth-order valence-corrected chi connectivity index (χ4v) is 7.21. The summed E-state index contributed by atoms with van der Waals surface area (Å²) in [5.41, 5.74) is 3.38. The molecule has 2 heterocycles. The number of ether oxygens (including phenoxy) is 1. The van der Waals surface area contributed by atoms with E-state index in [4.69, 9.17) is 9.72 Å². The molecule has 10 nitrogen and oxygen atoms in total. The molecule has 3 aromatic carbocycles. The summed E-state index contributed by atoms with van der Waals surface area (Å²) in [6.07, 6.45) is 3.00. The van der Waals surface area contributed by atoms with Crippen LogP contribution in [0.2, 0.25) is 0 Å². The molecule has 3 aliphatic rings. The summed E-state index contributed by atoms with van der Waals surface area (Å²) in [6, 6.07) is 19.1. The van der Waals surface area contributed by atoms with Crippen molar-refractivity contribution >= 4 is 45.8 Å². The van der Waals surface area contributed by atoms with Crippen LogP contribution in [0.5, 0.6) is 0 Å². The Bertz CT molecular complexity index is 1860. The Kier molecular flexibility index (Phi) is 6.57. The molecule has 10 heteroatoms. The maximum atomic E-state index is 13.3. The van der Waals surface area contributed by atoms with Gasteiger partial charge in [0.25, 0.3) is 5.69 Å². The van der Waals surface area contributed by atoms with Crippen molar-refractivity contribution in [3.05, 3.63) is 99.6 Å². The smallest absolute Gasteiger partial charge is 0.339 e. The van der Waals surface area contributed by atoms with Gasteiger partial charge in [-0.3, -0.25) is 29.4 Å². The Morgan fingerprint density at radius 2 is 1.61 bits per heavy atom. The minimum atomic E-state index is -0.717. The second-order valence-corrected chi connectivity index (χ2v) is 11.8. The van der Waals surface area contributed by atoms with Crippen molar-refractivity contribution in [3.63, 3.8) is 0 Å². The number of aromatic nitrogens is 1. The highest BCUT2D eigenvalue weighted by atomic mass is 16.6. The molecule has 0 N–H and O–H groups in total. The molecule has 1 aromatic heterocycles. The van der Waals surface area contributed by atoms with Gasteiger partial charge in [-0.2, -0.15) is 0 Å². The van der Waals surface area contributed by atoms with E-state index in [9.17, 15) is 29.3 Å². The molecule has 2 bridgehead atoms. The maximum absolute atomic E-state index is 13.3. The second kappa shape index (κ2) is 10.5. The number of esters is 1. The lowest BCUT2D eigenvalue weighted by Gasteiger charge is -2.19. The molecule has 44 heavy (non-hydrogen) atoms. The molecule has 220 valence electrons. The van der Waals surface area contributed by atoms with E-state index in [1.54, 1.807) is 42.5 Å². The first-order valence-corrected chi connectivity index (χ1v) is 14.5. The predicted molar refractivity (Wildman–Crippen MR) is 160 cm³/mol. The van der Waals surface area contributed by atoms with E-state index < -0.39 is 23.3 Å². The minimum Gasteiger partial charge on any atom is -0.454 e. The average molecular weight is 590 g/mol. The first kappa shape index (κ1) is 27.6. The number of nitrogens with zero attached hydrogens (tertiary/aromatic N) is 3. The normalized spacial score (nSPS) is 22.0. The molecule has 1 aliphatic heterocycles. The molecule has 1 saturated heterocycles. The van der Waals surface area contributed by atoms with Crippen LogP contribution in [0.3, 0.4) is 0 Å². The monoisotopic (exact) mass is 589 g/mol. The summed E-state index contributed by atoms with van der Waals surface area (Å²) >= 11 is 0. The highest BCUT2D eigenvalue weighted by Crippen LogP contribution is 2.56. The molecule has 2 aliphatic carbocycles. The average Bonchev–Trinajstić information content (AvgIpc) is 3.73. The SMILES string of the molecule is Cc1cccc2c(C(=O)OCC(=O)c3ccc([N+](=O)[O-])cc3)cc(-c3ccc(N4C(=O)C5C6CCC(C6)C5C4=O)cc3)nc12. The summed E-state index contributed by atoms with van der Waals surface area (Å²) < 4.78 is 5.40. The molecule has 4 unspecified atom stereocenters. The molecule has 2 saturated carbocycles. The Labute approximate surface area is 251 Å². The predicted octanol–water partition coefficient (Wildman–Crippen LogP) is 5.69. The number of Topliss-reactive ketones (excluding diaryl/α,β-unsaturated/α-hetero) is 1. The van der Waals surface area contributed by atoms with Gasteiger partial charge in [0, 0.05) is 28.6 Å². The topological polar surface area (TPSA) is 137 Å².